The zero-order chi connectivity index (χ0) is 10.5. The second-order valence-corrected chi connectivity index (χ2v) is 4.10. The number of morpholine rings is 1. The van der Waals surface area contributed by atoms with E-state index in [0.29, 0.717) is 6.10 Å². The fourth-order valence-corrected chi connectivity index (χ4v) is 2.36. The molecule has 0 radical (unpaired) electrons. The maximum atomic E-state index is 5.80. The monoisotopic (exact) mass is 211 g/mol. The fraction of sp³-hybridized carbons (Fsp3) is 0.833. The minimum absolute atomic E-state index is 0.335. The number of allylic oxidation sites excluding steroid dienone is 1. The number of ether oxygens (including phenoxy) is 2. The van der Waals surface area contributed by atoms with E-state index < -0.39 is 0 Å². The molecule has 0 bridgehead atoms. The van der Waals surface area contributed by atoms with Gasteiger partial charge >= 0.3 is 0 Å². The van der Waals surface area contributed by atoms with Gasteiger partial charge in [0.15, 0.2) is 0 Å². The Morgan fingerprint density at radius 2 is 2.27 bits per heavy atom. The minimum Gasteiger partial charge on any atom is -0.378 e. The highest BCUT2D eigenvalue weighted by atomic mass is 16.5. The molecule has 0 saturated carbocycles. The second-order valence-electron chi connectivity index (χ2n) is 4.10. The first-order valence-electron chi connectivity index (χ1n) is 6.06. The van der Waals surface area contributed by atoms with Crippen molar-refractivity contribution in [2.75, 3.05) is 32.9 Å². The van der Waals surface area contributed by atoms with Gasteiger partial charge < -0.3 is 14.4 Å². The van der Waals surface area contributed by atoms with Crippen LogP contribution in [0.3, 0.4) is 0 Å². The van der Waals surface area contributed by atoms with Crippen molar-refractivity contribution in [2.24, 2.45) is 0 Å². The predicted octanol–water partition coefficient (Wildman–Crippen LogP) is 1.79. The molecule has 3 nitrogen and oxygen atoms in total. The zero-order valence-electron chi connectivity index (χ0n) is 9.58. The topological polar surface area (TPSA) is 21.7 Å². The zero-order valence-corrected chi connectivity index (χ0v) is 9.58. The Labute approximate surface area is 92.0 Å². The van der Waals surface area contributed by atoms with Gasteiger partial charge in [0.2, 0.25) is 0 Å². The molecule has 1 saturated heterocycles. The second kappa shape index (κ2) is 5.52. The van der Waals surface area contributed by atoms with Crippen LogP contribution in [0.25, 0.3) is 0 Å². The molecule has 1 atom stereocenters. The molecule has 1 aliphatic heterocycles. The lowest BCUT2D eigenvalue weighted by atomic mass is 10.00. The van der Waals surface area contributed by atoms with E-state index in [4.69, 9.17) is 9.47 Å². The summed E-state index contributed by atoms with van der Waals surface area (Å²) < 4.78 is 11.2. The Morgan fingerprint density at radius 1 is 1.47 bits per heavy atom. The maximum Gasteiger partial charge on any atom is 0.0967 e. The third-order valence-corrected chi connectivity index (χ3v) is 3.10. The number of hydrogen-bond acceptors (Lipinski definition) is 3. The van der Waals surface area contributed by atoms with Crippen molar-refractivity contribution in [1.29, 1.82) is 0 Å². The van der Waals surface area contributed by atoms with Gasteiger partial charge in [-0.15, -0.1) is 0 Å². The molecule has 2 aliphatic rings. The molecular weight excluding hydrogens is 190 g/mol. The first kappa shape index (κ1) is 11.0. The lowest BCUT2D eigenvalue weighted by Crippen LogP contribution is -2.40. The van der Waals surface area contributed by atoms with E-state index in [1.165, 1.54) is 25.0 Å². The van der Waals surface area contributed by atoms with E-state index in [2.05, 4.69) is 17.9 Å². The number of hydrogen-bond donors (Lipinski definition) is 0. The van der Waals surface area contributed by atoms with Gasteiger partial charge in [0.1, 0.15) is 0 Å². The molecule has 0 N–H and O–H groups in total. The van der Waals surface area contributed by atoms with Crippen LogP contribution in [0.15, 0.2) is 11.8 Å². The summed E-state index contributed by atoms with van der Waals surface area (Å²) in [6.45, 7) is 6.65. The van der Waals surface area contributed by atoms with E-state index in [1.54, 1.807) is 0 Å². The molecule has 1 heterocycles. The van der Waals surface area contributed by atoms with Gasteiger partial charge in [0, 0.05) is 25.4 Å². The fourth-order valence-electron chi connectivity index (χ4n) is 2.36. The molecule has 0 spiro atoms. The van der Waals surface area contributed by atoms with Crippen LogP contribution in [0.4, 0.5) is 0 Å². The Balaban J connectivity index is 1.99. The summed E-state index contributed by atoms with van der Waals surface area (Å²) in [5.74, 6) is 0. The van der Waals surface area contributed by atoms with Crippen LogP contribution in [0, 0.1) is 0 Å². The maximum absolute atomic E-state index is 5.80. The summed E-state index contributed by atoms with van der Waals surface area (Å²) >= 11 is 0. The van der Waals surface area contributed by atoms with E-state index >= 15 is 0 Å². The van der Waals surface area contributed by atoms with Crippen LogP contribution < -0.4 is 0 Å². The van der Waals surface area contributed by atoms with Gasteiger partial charge in [-0.2, -0.15) is 0 Å². The lowest BCUT2D eigenvalue weighted by molar-refractivity contribution is 0.0148. The van der Waals surface area contributed by atoms with Gasteiger partial charge in [0.05, 0.1) is 19.3 Å². The minimum atomic E-state index is 0.335. The molecule has 15 heavy (non-hydrogen) atoms. The van der Waals surface area contributed by atoms with Gasteiger partial charge in [-0.25, -0.2) is 0 Å². The normalized spacial score (nSPS) is 27.7. The molecule has 0 aromatic carbocycles. The Bertz CT molecular complexity index is 222. The number of nitrogens with zero attached hydrogens (tertiary/aromatic N) is 1. The quantitative estimate of drug-likeness (QED) is 0.710. The van der Waals surface area contributed by atoms with Crippen molar-refractivity contribution in [1.82, 2.24) is 4.90 Å². The molecule has 1 unspecified atom stereocenters. The van der Waals surface area contributed by atoms with E-state index in [-0.39, 0.29) is 0 Å². The van der Waals surface area contributed by atoms with Crippen LogP contribution in [0.1, 0.15) is 26.2 Å². The average molecular weight is 211 g/mol. The third-order valence-electron chi connectivity index (χ3n) is 3.10. The smallest absolute Gasteiger partial charge is 0.0967 e. The van der Waals surface area contributed by atoms with Crippen molar-refractivity contribution < 1.29 is 9.47 Å². The highest BCUT2D eigenvalue weighted by Gasteiger charge is 2.24. The summed E-state index contributed by atoms with van der Waals surface area (Å²) in [5.41, 5.74) is 1.41. The number of rotatable bonds is 3. The van der Waals surface area contributed by atoms with E-state index in [9.17, 15) is 0 Å². The van der Waals surface area contributed by atoms with Crippen molar-refractivity contribution in [3.63, 3.8) is 0 Å². The standard InChI is InChI=1S/C12H21NO2/c1-2-15-12-6-4-3-5-11(12)13-7-9-14-10-8-13/h5,12H,2-4,6-10H2,1H3. The third kappa shape index (κ3) is 2.73. The lowest BCUT2D eigenvalue weighted by Gasteiger charge is -2.36. The van der Waals surface area contributed by atoms with Crippen molar-refractivity contribution in [3.8, 4) is 0 Å². The Morgan fingerprint density at radius 3 is 3.00 bits per heavy atom. The van der Waals surface area contributed by atoms with Gasteiger partial charge in [-0.05, 0) is 26.2 Å². The molecular formula is C12H21NO2. The highest BCUT2D eigenvalue weighted by Crippen LogP contribution is 2.24. The molecule has 2 rings (SSSR count). The first-order chi connectivity index (χ1) is 7.42. The first-order valence-corrected chi connectivity index (χ1v) is 6.06. The summed E-state index contributed by atoms with van der Waals surface area (Å²) in [4.78, 5) is 2.43. The van der Waals surface area contributed by atoms with Crippen LogP contribution in [-0.2, 0) is 9.47 Å². The van der Waals surface area contributed by atoms with E-state index in [0.717, 1.165) is 32.9 Å². The molecule has 86 valence electrons. The predicted molar refractivity (Wildman–Crippen MR) is 59.7 cm³/mol. The van der Waals surface area contributed by atoms with Crippen LogP contribution in [-0.4, -0.2) is 43.9 Å². The van der Waals surface area contributed by atoms with Gasteiger partial charge in [-0.3, -0.25) is 0 Å². The Kier molecular flexibility index (Phi) is 4.03. The van der Waals surface area contributed by atoms with Crippen molar-refractivity contribution >= 4 is 0 Å². The summed E-state index contributed by atoms with van der Waals surface area (Å²) in [7, 11) is 0. The van der Waals surface area contributed by atoms with Gasteiger partial charge in [0.25, 0.3) is 0 Å². The Hall–Kier alpha value is -0.540. The van der Waals surface area contributed by atoms with Crippen LogP contribution >= 0.6 is 0 Å². The highest BCUT2D eigenvalue weighted by molar-refractivity contribution is 5.11. The van der Waals surface area contributed by atoms with Crippen molar-refractivity contribution in [3.05, 3.63) is 11.8 Å². The SMILES string of the molecule is CCOC1CCCC=C1N1CCOCC1. The van der Waals surface area contributed by atoms with Gasteiger partial charge in [-0.1, -0.05) is 6.08 Å². The van der Waals surface area contributed by atoms with Crippen LogP contribution in [0.2, 0.25) is 0 Å². The summed E-state index contributed by atoms with van der Waals surface area (Å²) in [6.07, 6.45) is 6.34. The molecule has 1 aliphatic carbocycles. The van der Waals surface area contributed by atoms with Crippen LogP contribution in [0.5, 0.6) is 0 Å². The largest absolute Gasteiger partial charge is 0.378 e. The molecule has 0 aromatic rings. The molecule has 0 amide bonds. The molecule has 3 heteroatoms. The summed E-state index contributed by atoms with van der Waals surface area (Å²) in [6, 6.07) is 0. The molecule has 0 aromatic heterocycles. The average Bonchev–Trinajstić information content (AvgIpc) is 2.31. The van der Waals surface area contributed by atoms with Crippen molar-refractivity contribution in [2.45, 2.75) is 32.3 Å². The molecule has 1 fully saturated rings. The summed E-state index contributed by atoms with van der Waals surface area (Å²) in [5, 5.41) is 0. The van der Waals surface area contributed by atoms with E-state index in [1.807, 2.05) is 0 Å².